The van der Waals surface area contributed by atoms with Crippen LogP contribution in [0.15, 0.2) is 18.7 Å². The third-order valence-corrected chi connectivity index (χ3v) is 2.50. The molecule has 96 valence electrons. The molecule has 2 N–H and O–H groups in total. The second-order valence-electron chi connectivity index (χ2n) is 3.41. The van der Waals surface area contributed by atoms with Gasteiger partial charge < -0.3 is 14.8 Å². The van der Waals surface area contributed by atoms with Crippen molar-refractivity contribution in [1.82, 2.24) is 29.7 Å². The van der Waals surface area contributed by atoms with Crippen LogP contribution in [0.2, 0.25) is 5.15 Å². The smallest absolute Gasteiger partial charge is 0.449 e. The van der Waals surface area contributed by atoms with E-state index in [0.717, 1.165) is 0 Å². The Balaban J connectivity index is 2.02. The minimum Gasteiger partial charge on any atom is -0.449 e. The first kappa shape index (κ1) is 11.4. The van der Waals surface area contributed by atoms with Crippen molar-refractivity contribution >= 4 is 28.9 Å². The number of ether oxygens (including phenoxy) is 1. The van der Waals surface area contributed by atoms with Gasteiger partial charge >= 0.3 is 6.16 Å². The van der Waals surface area contributed by atoms with Crippen LogP contribution >= 0.6 is 11.6 Å². The van der Waals surface area contributed by atoms with Crippen LogP contribution in [0.3, 0.4) is 0 Å². The van der Waals surface area contributed by atoms with E-state index in [-0.39, 0.29) is 10.9 Å². The quantitative estimate of drug-likeness (QED) is 0.535. The molecule has 3 aromatic heterocycles. The van der Waals surface area contributed by atoms with Crippen molar-refractivity contribution in [3.63, 3.8) is 0 Å². The highest BCUT2D eigenvalue weighted by molar-refractivity contribution is 6.33. The van der Waals surface area contributed by atoms with Gasteiger partial charge in [-0.25, -0.2) is 19.4 Å². The fourth-order valence-corrected chi connectivity index (χ4v) is 1.65. The van der Waals surface area contributed by atoms with E-state index in [4.69, 9.17) is 16.7 Å². The molecule has 0 aromatic carbocycles. The van der Waals surface area contributed by atoms with Crippen LogP contribution in [0, 0.1) is 0 Å². The van der Waals surface area contributed by atoms with Crippen LogP contribution in [0.25, 0.3) is 17.1 Å². The fraction of sp³-hybridized carbons (Fsp3) is 0. The Morgan fingerprint density at radius 3 is 3.05 bits per heavy atom. The second kappa shape index (κ2) is 4.21. The van der Waals surface area contributed by atoms with Gasteiger partial charge in [0.15, 0.2) is 16.5 Å². The Labute approximate surface area is 109 Å². The molecule has 0 saturated carbocycles. The minimum absolute atomic E-state index is 0.0742. The number of halogens is 1. The highest BCUT2D eigenvalue weighted by Gasteiger charge is 2.11. The minimum atomic E-state index is -1.42. The van der Waals surface area contributed by atoms with Crippen molar-refractivity contribution in [1.29, 1.82) is 0 Å². The van der Waals surface area contributed by atoms with Crippen molar-refractivity contribution in [2.45, 2.75) is 0 Å². The highest BCUT2D eigenvalue weighted by Crippen LogP contribution is 2.19. The molecule has 0 atom stereocenters. The van der Waals surface area contributed by atoms with Crippen LogP contribution in [0.4, 0.5) is 4.79 Å². The summed E-state index contributed by atoms with van der Waals surface area (Å²) in [5.41, 5.74) is 0.849. The van der Waals surface area contributed by atoms with E-state index in [9.17, 15) is 4.79 Å². The zero-order chi connectivity index (χ0) is 13.4. The van der Waals surface area contributed by atoms with Crippen LogP contribution in [-0.4, -0.2) is 41.0 Å². The lowest BCUT2D eigenvalue weighted by Crippen LogP contribution is -2.02. The van der Waals surface area contributed by atoms with Gasteiger partial charge in [-0.3, -0.25) is 0 Å². The molecule has 0 unspecified atom stereocenters. The van der Waals surface area contributed by atoms with Crippen molar-refractivity contribution in [2.75, 3.05) is 0 Å². The van der Waals surface area contributed by atoms with Crippen LogP contribution in [0.1, 0.15) is 0 Å². The van der Waals surface area contributed by atoms with E-state index < -0.39 is 6.16 Å². The molecular weight excluding hydrogens is 276 g/mol. The van der Waals surface area contributed by atoms with Gasteiger partial charge in [0.1, 0.15) is 11.8 Å². The molecule has 0 radical (unpaired) electrons. The molecule has 3 aromatic rings. The molecule has 10 heteroatoms. The normalized spacial score (nSPS) is 10.8. The molecule has 3 heterocycles. The topological polar surface area (TPSA) is 119 Å². The summed E-state index contributed by atoms with van der Waals surface area (Å²) in [6.07, 6.45) is 2.47. The standard InChI is InChI=1S/C9H5ClN6O3/c10-6-5-7(12-3-11-6)15-8(14-5)16-2-4(1-13-16)19-9(17)18/h1-3H,(H,17,18)(H,11,12,14,15). The number of hydrogen-bond acceptors (Lipinski definition) is 6. The average molecular weight is 281 g/mol. The number of carboxylic acid groups (broad SMARTS) is 1. The lowest BCUT2D eigenvalue weighted by Gasteiger charge is -1.93. The number of fused-ring (bicyclic) bond motifs is 1. The van der Waals surface area contributed by atoms with Gasteiger partial charge in [0, 0.05) is 0 Å². The number of aromatic amines is 1. The predicted molar refractivity (Wildman–Crippen MR) is 62.5 cm³/mol. The molecule has 0 spiro atoms. The summed E-state index contributed by atoms with van der Waals surface area (Å²) in [6, 6.07) is 0. The monoisotopic (exact) mass is 280 g/mol. The van der Waals surface area contributed by atoms with Gasteiger partial charge in [0.05, 0.1) is 12.4 Å². The molecule has 0 bridgehead atoms. The van der Waals surface area contributed by atoms with Gasteiger partial charge in [-0.1, -0.05) is 11.6 Å². The van der Waals surface area contributed by atoms with Crippen LogP contribution < -0.4 is 4.74 Å². The van der Waals surface area contributed by atoms with Crippen molar-refractivity contribution in [3.8, 4) is 11.7 Å². The predicted octanol–water partition coefficient (Wildman–Crippen LogP) is 1.25. The molecule has 0 aliphatic carbocycles. The van der Waals surface area contributed by atoms with Gasteiger partial charge in [-0.2, -0.15) is 10.1 Å². The zero-order valence-corrected chi connectivity index (χ0v) is 9.87. The molecular formula is C9H5ClN6O3. The van der Waals surface area contributed by atoms with E-state index in [0.29, 0.717) is 17.1 Å². The average Bonchev–Trinajstić information content (AvgIpc) is 2.94. The van der Waals surface area contributed by atoms with Gasteiger partial charge in [0.2, 0.25) is 5.95 Å². The summed E-state index contributed by atoms with van der Waals surface area (Å²) in [7, 11) is 0. The summed E-state index contributed by atoms with van der Waals surface area (Å²) >= 11 is 5.88. The molecule has 19 heavy (non-hydrogen) atoms. The van der Waals surface area contributed by atoms with Crippen LogP contribution in [0.5, 0.6) is 5.75 Å². The number of aromatic nitrogens is 6. The Hall–Kier alpha value is -2.68. The SMILES string of the molecule is O=C(O)Oc1cnn(-c2nc3ncnc(Cl)c3[nH]2)c1. The first-order chi connectivity index (χ1) is 9.13. The molecule has 0 aliphatic heterocycles. The zero-order valence-electron chi connectivity index (χ0n) is 9.11. The number of H-pyrrole nitrogens is 1. The number of imidazole rings is 1. The molecule has 0 aliphatic rings. The van der Waals surface area contributed by atoms with Crippen molar-refractivity contribution in [3.05, 3.63) is 23.9 Å². The Morgan fingerprint density at radius 2 is 2.32 bits per heavy atom. The first-order valence-electron chi connectivity index (χ1n) is 4.95. The molecule has 3 rings (SSSR count). The Bertz CT molecular complexity index is 766. The third kappa shape index (κ3) is 2.06. The summed E-state index contributed by atoms with van der Waals surface area (Å²) < 4.78 is 5.75. The Morgan fingerprint density at radius 1 is 1.47 bits per heavy atom. The van der Waals surface area contributed by atoms with Gasteiger partial charge in [-0.15, -0.1) is 0 Å². The van der Waals surface area contributed by atoms with Crippen LogP contribution in [-0.2, 0) is 0 Å². The first-order valence-corrected chi connectivity index (χ1v) is 5.33. The largest absolute Gasteiger partial charge is 0.511 e. The highest BCUT2D eigenvalue weighted by atomic mass is 35.5. The van der Waals surface area contributed by atoms with Gasteiger partial charge in [0.25, 0.3) is 0 Å². The summed E-state index contributed by atoms with van der Waals surface area (Å²) in [4.78, 5) is 25.1. The summed E-state index contributed by atoms with van der Waals surface area (Å²) in [5.74, 6) is 0.391. The maximum absolute atomic E-state index is 10.4. The Kier molecular flexibility index (Phi) is 2.53. The molecule has 0 amide bonds. The molecule has 0 saturated heterocycles. The lowest BCUT2D eigenvalue weighted by atomic mass is 10.6. The van der Waals surface area contributed by atoms with E-state index in [1.807, 2.05) is 0 Å². The number of carbonyl (C=O) groups is 1. The van der Waals surface area contributed by atoms with Crippen molar-refractivity contribution < 1.29 is 14.6 Å². The van der Waals surface area contributed by atoms with E-state index >= 15 is 0 Å². The summed E-state index contributed by atoms with van der Waals surface area (Å²) in [6.45, 7) is 0. The fourth-order valence-electron chi connectivity index (χ4n) is 1.47. The maximum atomic E-state index is 10.4. The van der Waals surface area contributed by atoms with E-state index in [1.165, 1.54) is 23.4 Å². The lowest BCUT2D eigenvalue weighted by molar-refractivity contribution is 0.144. The number of nitrogens with zero attached hydrogens (tertiary/aromatic N) is 5. The third-order valence-electron chi connectivity index (χ3n) is 2.21. The van der Waals surface area contributed by atoms with E-state index in [2.05, 4.69) is 29.8 Å². The number of hydrogen-bond donors (Lipinski definition) is 2. The molecule has 0 fully saturated rings. The van der Waals surface area contributed by atoms with Gasteiger partial charge in [-0.05, 0) is 0 Å². The molecule has 9 nitrogen and oxygen atoms in total. The maximum Gasteiger partial charge on any atom is 0.511 e. The number of rotatable bonds is 2. The summed E-state index contributed by atoms with van der Waals surface area (Å²) in [5, 5.41) is 12.6. The second-order valence-corrected chi connectivity index (χ2v) is 3.77. The number of nitrogens with one attached hydrogen (secondary N) is 1. The van der Waals surface area contributed by atoms with E-state index in [1.54, 1.807) is 0 Å². The van der Waals surface area contributed by atoms with Crippen molar-refractivity contribution in [2.24, 2.45) is 0 Å².